The number of rotatable bonds is 8. The lowest BCUT2D eigenvalue weighted by Crippen LogP contribution is -1.98. The molecule has 6 aromatic carbocycles. The van der Waals surface area contributed by atoms with Crippen molar-refractivity contribution in [3.63, 3.8) is 0 Å². The van der Waals surface area contributed by atoms with E-state index in [1.165, 1.54) is 84.9 Å². The Labute approximate surface area is 465 Å². The summed E-state index contributed by atoms with van der Waals surface area (Å²) in [6, 6.07) is 45.3. The van der Waals surface area contributed by atoms with Gasteiger partial charge in [-0.25, -0.2) is 29.9 Å². The number of hydrogen-bond acceptors (Lipinski definition) is 14. The van der Waals surface area contributed by atoms with Crippen LogP contribution in [0.2, 0.25) is 0 Å². The first kappa shape index (κ1) is 51.9. The first-order valence-corrected chi connectivity index (χ1v) is 30.2. The Morgan fingerprint density at radius 3 is 0.780 bits per heavy atom. The van der Waals surface area contributed by atoms with Crippen LogP contribution >= 0.6 is 0 Å². The van der Waals surface area contributed by atoms with Gasteiger partial charge in [-0.2, -0.15) is 33.7 Å². The van der Waals surface area contributed by atoms with Crippen LogP contribution in [0.4, 0.5) is 0 Å². The highest BCUT2D eigenvalue weighted by molar-refractivity contribution is 7.86. The van der Waals surface area contributed by atoms with Crippen LogP contribution in [0.3, 0.4) is 0 Å². The highest BCUT2D eigenvalue weighted by atomic mass is 32.2. The number of terminal acetylenes is 1. The molecule has 0 spiro atoms. The average molecular weight is 1160 g/mol. The molecule has 4 N–H and O–H groups in total. The van der Waals surface area contributed by atoms with Crippen LogP contribution in [0, 0.1) is 12.3 Å². The molecule has 0 aliphatic rings. The lowest BCUT2D eigenvalue weighted by atomic mass is 9.94. The number of aromatic nitrogens is 6. The molecule has 0 unspecified atom stereocenters. The fourth-order valence-electron chi connectivity index (χ4n) is 10.3. The summed E-state index contributed by atoms with van der Waals surface area (Å²) in [6.45, 7) is 0. The number of fused-ring (bicyclic) bond motifs is 12. The third-order valence-corrected chi connectivity index (χ3v) is 17.6. The van der Waals surface area contributed by atoms with Crippen molar-refractivity contribution in [3.8, 4) is 56.9 Å². The van der Waals surface area contributed by atoms with Crippen LogP contribution < -0.4 is 0 Å². The molecule has 0 aliphatic heterocycles. The van der Waals surface area contributed by atoms with Crippen LogP contribution in [-0.2, 0) is 40.5 Å². The van der Waals surface area contributed by atoms with Crippen molar-refractivity contribution in [2.24, 2.45) is 0 Å². The number of benzene rings is 6. The van der Waals surface area contributed by atoms with Gasteiger partial charge in [0.25, 0.3) is 40.5 Å². The monoisotopic (exact) mass is 1160 g/mol. The van der Waals surface area contributed by atoms with Gasteiger partial charge in [0.05, 0.1) is 85.8 Å². The maximum atomic E-state index is 12.4. The third kappa shape index (κ3) is 9.18. The predicted molar refractivity (Wildman–Crippen MR) is 311 cm³/mol. The molecule has 82 heavy (non-hydrogen) atoms. The molecule has 0 amide bonds. The zero-order valence-corrected chi connectivity index (χ0v) is 45.0. The molecule has 12 bridgehead atoms. The summed E-state index contributed by atoms with van der Waals surface area (Å²) >= 11 is 0. The second-order valence-electron chi connectivity index (χ2n) is 19.1. The molecule has 0 aliphatic carbocycles. The number of nitrogens with zero attached hydrogens (tertiary/aromatic N) is 6. The van der Waals surface area contributed by atoms with E-state index >= 15 is 0 Å². The zero-order valence-electron chi connectivity index (χ0n) is 41.7. The van der Waals surface area contributed by atoms with Crippen molar-refractivity contribution in [1.29, 1.82) is 0 Å². The summed E-state index contributed by atoms with van der Waals surface area (Å²) in [5.41, 5.74) is 8.19. The van der Waals surface area contributed by atoms with E-state index in [0.29, 0.717) is 121 Å². The smallest absolute Gasteiger partial charge is 0.282 e. The van der Waals surface area contributed by atoms with Crippen molar-refractivity contribution < 1.29 is 51.9 Å². The topological polar surface area (TPSA) is 295 Å². The first-order chi connectivity index (χ1) is 39.0. The predicted octanol–water partition coefficient (Wildman–Crippen LogP) is 11.5. The largest absolute Gasteiger partial charge is 0.294 e. The fourth-order valence-corrected chi connectivity index (χ4v) is 12.2. The quantitative estimate of drug-likeness (QED) is 0.0624. The van der Waals surface area contributed by atoms with E-state index in [4.69, 9.17) is 36.3 Å². The maximum absolute atomic E-state index is 12.4. The molecule has 13 aromatic rings. The van der Waals surface area contributed by atoms with Crippen LogP contribution in [0.25, 0.3) is 132 Å². The van der Waals surface area contributed by atoms with Crippen molar-refractivity contribution in [1.82, 2.24) is 29.9 Å². The minimum atomic E-state index is -4.62. The minimum absolute atomic E-state index is 0.234. The van der Waals surface area contributed by atoms with Gasteiger partial charge in [-0.3, -0.25) is 18.2 Å². The van der Waals surface area contributed by atoms with Gasteiger partial charge in [0.2, 0.25) is 0 Å². The van der Waals surface area contributed by atoms with Crippen molar-refractivity contribution in [3.05, 3.63) is 181 Å². The van der Waals surface area contributed by atoms with Gasteiger partial charge in [-0.15, -0.1) is 6.42 Å². The first-order valence-electron chi connectivity index (χ1n) is 24.4. The Morgan fingerprint density at radius 1 is 0.293 bits per heavy atom. The van der Waals surface area contributed by atoms with E-state index in [-0.39, 0.29) is 36.1 Å². The summed E-state index contributed by atoms with van der Waals surface area (Å²) in [4.78, 5) is 30.1. The van der Waals surface area contributed by atoms with Gasteiger partial charge in [-0.1, -0.05) is 84.8 Å². The molecule has 18 nitrogen and oxygen atoms in total. The Balaban J connectivity index is 1.27. The number of pyridine rings is 6. The lowest BCUT2D eigenvalue weighted by Gasteiger charge is -2.15. The van der Waals surface area contributed by atoms with Gasteiger partial charge in [-0.05, 0) is 142 Å². The molecule has 0 saturated carbocycles. The second-order valence-corrected chi connectivity index (χ2v) is 24.8. The van der Waals surface area contributed by atoms with E-state index in [9.17, 15) is 51.9 Å². The molecular formula is C60H34N6O12S4. The fraction of sp³-hybridized carbons (Fsp3) is 0. The van der Waals surface area contributed by atoms with Crippen LogP contribution in [0.15, 0.2) is 196 Å². The Kier molecular flexibility index (Phi) is 11.9. The SMILES string of the molecule is C#Cc1cc2nc(c1)c1cc(-c3ccc(S(=O)(=O)O)cc3)c3ccc4c(-c5ccc(S(=O)(=O)O)cc5)cc(nc4c3n1)c1cc(-c3ccc(S(=O)(=O)O)cc3)c3ccc4c(-c5ccc(S(=O)(=O)O)cc5)cc(nc4c3n1)c1cccc2n1. The Morgan fingerprint density at radius 2 is 0.524 bits per heavy atom. The van der Waals surface area contributed by atoms with Crippen LogP contribution in [0.5, 0.6) is 0 Å². The van der Waals surface area contributed by atoms with Gasteiger partial charge in [0, 0.05) is 27.1 Å². The van der Waals surface area contributed by atoms with Crippen LogP contribution in [-0.4, -0.2) is 81.8 Å². The summed E-state index contributed by atoms with van der Waals surface area (Å²) in [5.74, 6) is 2.72. The molecule has 0 atom stereocenters. The van der Waals surface area contributed by atoms with E-state index in [1.54, 1.807) is 72.8 Å². The molecule has 0 fully saturated rings. The lowest BCUT2D eigenvalue weighted by molar-refractivity contribution is 0.481. The summed E-state index contributed by atoms with van der Waals surface area (Å²) in [6.07, 6.45) is 6.15. The van der Waals surface area contributed by atoms with Gasteiger partial charge >= 0.3 is 0 Å². The third-order valence-electron chi connectivity index (χ3n) is 14.2. The highest BCUT2D eigenvalue weighted by Gasteiger charge is 2.22. The van der Waals surface area contributed by atoms with Gasteiger partial charge < -0.3 is 0 Å². The molecule has 0 saturated heterocycles. The molecular weight excluding hydrogens is 1120 g/mol. The summed E-state index contributed by atoms with van der Waals surface area (Å²) in [5, 5.41) is 2.10. The Bertz CT molecular complexity index is 5560. The summed E-state index contributed by atoms with van der Waals surface area (Å²) in [7, 11) is -18.4. The molecule has 400 valence electrons. The molecule has 13 rings (SSSR count). The Hall–Kier alpha value is -9.54. The van der Waals surface area contributed by atoms with E-state index in [1.807, 2.05) is 18.2 Å². The zero-order chi connectivity index (χ0) is 57.2. The molecule has 7 aromatic heterocycles. The van der Waals surface area contributed by atoms with Gasteiger partial charge in [0.15, 0.2) is 0 Å². The maximum Gasteiger partial charge on any atom is 0.294 e. The minimum Gasteiger partial charge on any atom is -0.282 e. The normalized spacial score (nSPS) is 12.5. The second kappa shape index (κ2) is 18.8. The van der Waals surface area contributed by atoms with Crippen molar-refractivity contribution >= 4 is 128 Å². The molecule has 7 heterocycles. The molecule has 22 heteroatoms. The number of hydrogen-bond donors (Lipinski definition) is 4. The summed E-state index contributed by atoms with van der Waals surface area (Å²) < 4.78 is 138. The van der Waals surface area contributed by atoms with Gasteiger partial charge in [0.1, 0.15) is 0 Å². The standard InChI is InChI=1S/C60H34N6O12S4/c1-2-32-26-51-49-4-3-5-50(61-49)53-28-45(33-6-14-37(15-7-33)79(67,68)69)41-22-23-43-47(35-10-18-39(19-11-35)81(73,74)75)30-55(65-58(43)57(41)63-53)56-31-48(36-12-20-40(21-13-36)82(76,77)78)44-25-24-42-46(34-8-16-38(17-9-34)80(70,71)72)29-54(52(27-32)62-51)64-59(42)60(44)66-56/h1,3-31H,(H,67,68,69)(H,70,71,72)(H,73,74,75)(H,76,77,78). The van der Waals surface area contributed by atoms with E-state index < -0.39 is 40.5 Å². The van der Waals surface area contributed by atoms with E-state index in [2.05, 4.69) is 5.92 Å². The van der Waals surface area contributed by atoms with Crippen molar-refractivity contribution in [2.45, 2.75) is 19.6 Å². The highest BCUT2D eigenvalue weighted by Crippen LogP contribution is 2.42. The van der Waals surface area contributed by atoms with Crippen molar-refractivity contribution in [2.75, 3.05) is 0 Å². The molecule has 0 radical (unpaired) electrons. The van der Waals surface area contributed by atoms with Crippen LogP contribution in [0.1, 0.15) is 5.56 Å². The average Bonchev–Trinajstić information content (AvgIpc) is 3.55. The van der Waals surface area contributed by atoms with E-state index in [0.717, 1.165) is 0 Å².